The Morgan fingerprint density at radius 1 is 1.11 bits per heavy atom. The van der Waals surface area contributed by atoms with Crippen LogP contribution in [0.1, 0.15) is 35.8 Å². The summed E-state index contributed by atoms with van der Waals surface area (Å²) in [6.07, 6.45) is 0. The molecule has 1 aliphatic rings. The van der Waals surface area contributed by atoms with Crippen molar-refractivity contribution in [1.29, 1.82) is 0 Å². The van der Waals surface area contributed by atoms with Crippen LogP contribution < -0.4 is 14.8 Å². The third-order valence-corrected chi connectivity index (χ3v) is 4.54. The molecule has 1 N–H and O–H groups in total. The second kappa shape index (κ2) is 8.97. The van der Waals surface area contributed by atoms with Crippen molar-refractivity contribution >= 4 is 23.5 Å². The first-order valence-corrected chi connectivity index (χ1v) is 9.43. The molecule has 0 aromatic heterocycles. The number of hydrogen-bond acceptors (Lipinski definition) is 5. The molecule has 6 nitrogen and oxygen atoms in total. The van der Waals surface area contributed by atoms with Gasteiger partial charge in [0.25, 0.3) is 5.91 Å². The van der Waals surface area contributed by atoms with E-state index in [2.05, 4.69) is 5.32 Å². The van der Waals surface area contributed by atoms with Crippen molar-refractivity contribution < 1.29 is 23.8 Å². The Bertz CT molecular complexity index is 868. The average Bonchev–Trinajstić information content (AvgIpc) is 2.69. The summed E-state index contributed by atoms with van der Waals surface area (Å²) in [4.78, 5) is 24.4. The highest BCUT2D eigenvalue weighted by molar-refractivity contribution is 6.30. The van der Waals surface area contributed by atoms with E-state index >= 15 is 0 Å². The Morgan fingerprint density at radius 3 is 2.57 bits per heavy atom. The smallest absolute Gasteiger partial charge is 0.338 e. The molecule has 0 spiro atoms. The Kier molecular flexibility index (Phi) is 6.41. The first-order chi connectivity index (χ1) is 13.4. The number of esters is 1. The van der Waals surface area contributed by atoms with Gasteiger partial charge in [-0.3, -0.25) is 4.79 Å². The number of carbonyl (C=O) groups excluding carboxylic acids is 2. The molecule has 0 saturated carbocycles. The van der Waals surface area contributed by atoms with Crippen molar-refractivity contribution in [2.24, 2.45) is 5.92 Å². The number of fused-ring (bicyclic) bond motifs is 1. The maximum Gasteiger partial charge on any atom is 0.338 e. The molecule has 1 atom stereocenters. The van der Waals surface area contributed by atoms with E-state index in [4.69, 9.17) is 25.8 Å². The molecule has 148 valence electrons. The lowest BCUT2D eigenvalue weighted by molar-refractivity contribution is -0.125. The predicted octanol–water partition coefficient (Wildman–Crippen LogP) is 3.78. The van der Waals surface area contributed by atoms with E-state index in [0.717, 1.165) is 5.56 Å². The van der Waals surface area contributed by atoms with Gasteiger partial charge in [0, 0.05) is 5.02 Å². The number of nitrogens with one attached hydrogen (secondary N) is 1. The van der Waals surface area contributed by atoms with Crippen molar-refractivity contribution in [1.82, 2.24) is 5.32 Å². The number of ether oxygens (including phenoxy) is 3. The van der Waals surface area contributed by atoms with Gasteiger partial charge in [-0.25, -0.2) is 4.79 Å². The van der Waals surface area contributed by atoms with E-state index in [0.29, 0.717) is 35.3 Å². The van der Waals surface area contributed by atoms with Gasteiger partial charge in [-0.2, -0.15) is 0 Å². The van der Waals surface area contributed by atoms with E-state index in [1.54, 1.807) is 18.2 Å². The lowest BCUT2D eigenvalue weighted by Crippen LogP contribution is -2.35. The van der Waals surface area contributed by atoms with Gasteiger partial charge in [0.2, 0.25) is 0 Å². The summed E-state index contributed by atoms with van der Waals surface area (Å²) < 4.78 is 16.3. The molecule has 0 aliphatic carbocycles. The molecular formula is C21H22ClNO5. The fraction of sp³-hybridized carbons (Fsp3) is 0.333. The average molecular weight is 404 g/mol. The molecule has 0 radical (unpaired) electrons. The number of carbonyl (C=O) groups is 2. The van der Waals surface area contributed by atoms with Crippen LogP contribution in [-0.4, -0.2) is 31.7 Å². The molecule has 1 amide bonds. The standard InChI is InChI=1S/C21H22ClNO5/c1-13(2)20(14-6-7-17-18(11-14)27-9-8-26-17)23-19(24)12-28-21(25)15-4-3-5-16(22)10-15/h3-7,10-11,13,20H,8-9,12H2,1-2H3,(H,23,24)/t20-/m0/s1. The van der Waals surface area contributed by atoms with Crippen molar-refractivity contribution in [3.8, 4) is 11.5 Å². The highest BCUT2D eigenvalue weighted by Crippen LogP contribution is 2.34. The van der Waals surface area contributed by atoms with E-state index in [9.17, 15) is 9.59 Å². The third kappa shape index (κ3) is 4.95. The van der Waals surface area contributed by atoms with Crippen molar-refractivity contribution in [2.45, 2.75) is 19.9 Å². The molecule has 0 saturated heterocycles. The Balaban J connectivity index is 1.62. The first kappa shape index (κ1) is 20.0. The van der Waals surface area contributed by atoms with E-state index in [1.807, 2.05) is 32.0 Å². The largest absolute Gasteiger partial charge is 0.486 e. The molecule has 28 heavy (non-hydrogen) atoms. The number of rotatable bonds is 6. The van der Waals surface area contributed by atoms with Crippen molar-refractivity contribution in [2.75, 3.05) is 19.8 Å². The van der Waals surface area contributed by atoms with Gasteiger partial charge >= 0.3 is 5.97 Å². The zero-order valence-electron chi connectivity index (χ0n) is 15.7. The lowest BCUT2D eigenvalue weighted by atomic mass is 9.95. The minimum atomic E-state index is -0.599. The summed E-state index contributed by atoms with van der Waals surface area (Å²) in [6, 6.07) is 11.7. The van der Waals surface area contributed by atoms with Gasteiger partial charge in [0.15, 0.2) is 18.1 Å². The second-order valence-corrected chi connectivity index (χ2v) is 7.22. The summed E-state index contributed by atoms with van der Waals surface area (Å²) in [6.45, 7) is 4.64. The van der Waals surface area contributed by atoms with Gasteiger partial charge in [0.05, 0.1) is 11.6 Å². The summed E-state index contributed by atoms with van der Waals surface area (Å²) in [5.41, 5.74) is 1.20. The summed E-state index contributed by atoms with van der Waals surface area (Å²) >= 11 is 5.87. The Labute approximate surface area is 168 Å². The third-order valence-electron chi connectivity index (χ3n) is 4.30. The van der Waals surface area contributed by atoms with E-state index < -0.39 is 5.97 Å². The van der Waals surface area contributed by atoms with Gasteiger partial charge in [0.1, 0.15) is 13.2 Å². The van der Waals surface area contributed by atoms with Crippen LogP contribution in [0.5, 0.6) is 11.5 Å². The maximum absolute atomic E-state index is 12.4. The van der Waals surface area contributed by atoms with E-state index in [1.165, 1.54) is 6.07 Å². The van der Waals surface area contributed by atoms with E-state index in [-0.39, 0.29) is 24.5 Å². The molecule has 1 aliphatic heterocycles. The molecule has 2 aromatic rings. The highest BCUT2D eigenvalue weighted by Gasteiger charge is 2.22. The predicted molar refractivity (Wildman–Crippen MR) is 105 cm³/mol. The minimum absolute atomic E-state index is 0.121. The zero-order valence-corrected chi connectivity index (χ0v) is 16.5. The number of hydrogen-bond donors (Lipinski definition) is 1. The first-order valence-electron chi connectivity index (χ1n) is 9.05. The fourth-order valence-electron chi connectivity index (χ4n) is 2.93. The maximum atomic E-state index is 12.4. The molecule has 2 aromatic carbocycles. The normalized spacial score (nSPS) is 13.7. The summed E-state index contributed by atoms with van der Waals surface area (Å²) in [5.74, 6) is 0.493. The number of amides is 1. The van der Waals surface area contributed by atoms with Crippen LogP contribution in [0.15, 0.2) is 42.5 Å². The number of benzene rings is 2. The molecule has 0 bridgehead atoms. The topological polar surface area (TPSA) is 73.9 Å². The fourth-order valence-corrected chi connectivity index (χ4v) is 3.12. The van der Waals surface area contributed by atoms with Crippen LogP contribution in [0.2, 0.25) is 5.02 Å². The molecule has 7 heteroatoms. The molecule has 0 unspecified atom stereocenters. The van der Waals surface area contributed by atoms with Crippen LogP contribution in [-0.2, 0) is 9.53 Å². The Hall–Kier alpha value is -2.73. The molecule has 3 rings (SSSR count). The van der Waals surface area contributed by atoms with Crippen LogP contribution in [0.3, 0.4) is 0 Å². The number of halogens is 1. The quantitative estimate of drug-likeness (QED) is 0.743. The molecular weight excluding hydrogens is 382 g/mol. The SMILES string of the molecule is CC(C)[C@H](NC(=O)COC(=O)c1cccc(Cl)c1)c1ccc2c(c1)OCCO2. The van der Waals surface area contributed by atoms with Gasteiger partial charge in [-0.15, -0.1) is 0 Å². The highest BCUT2D eigenvalue weighted by atomic mass is 35.5. The van der Waals surface area contributed by atoms with Gasteiger partial charge in [-0.05, 0) is 41.8 Å². The lowest BCUT2D eigenvalue weighted by Gasteiger charge is -2.25. The summed E-state index contributed by atoms with van der Waals surface area (Å²) in [7, 11) is 0. The van der Waals surface area contributed by atoms with Gasteiger partial charge < -0.3 is 19.5 Å². The Morgan fingerprint density at radius 2 is 1.86 bits per heavy atom. The monoisotopic (exact) mass is 403 g/mol. The molecule has 1 heterocycles. The van der Waals surface area contributed by atoms with Crippen molar-refractivity contribution in [3.63, 3.8) is 0 Å². The molecule has 0 fully saturated rings. The summed E-state index contributed by atoms with van der Waals surface area (Å²) in [5, 5.41) is 3.35. The van der Waals surface area contributed by atoms with Crippen LogP contribution >= 0.6 is 11.6 Å². The minimum Gasteiger partial charge on any atom is -0.486 e. The van der Waals surface area contributed by atoms with Crippen LogP contribution in [0.25, 0.3) is 0 Å². The van der Waals surface area contributed by atoms with Gasteiger partial charge in [-0.1, -0.05) is 37.6 Å². The van der Waals surface area contributed by atoms with Crippen LogP contribution in [0, 0.1) is 5.92 Å². The zero-order chi connectivity index (χ0) is 20.1. The van der Waals surface area contributed by atoms with Crippen molar-refractivity contribution in [3.05, 3.63) is 58.6 Å². The van der Waals surface area contributed by atoms with Crippen LogP contribution in [0.4, 0.5) is 0 Å². The second-order valence-electron chi connectivity index (χ2n) is 6.78.